The molecule has 1 aromatic heterocycles. The molecule has 1 amide bonds. The van der Waals surface area contributed by atoms with Gasteiger partial charge in [-0.3, -0.25) is 4.79 Å². The number of carbonyl (C=O) groups excluding carboxylic acids is 1. The van der Waals surface area contributed by atoms with Crippen LogP contribution in [0.5, 0.6) is 17.2 Å². The standard InChI is InChI=1S/C27H23BrN2O7/c1-3-35-20-7-8-22-19(12-20)13-24(37-22)26(31)30-29-14-17-10-21(28)25(23(11-17)34-2)36-15-16-5-4-6-18(9-16)27(32)33/h4-14H,3,15H2,1-2H3,(H,30,31)(H,32,33)/b29-14+. The summed E-state index contributed by atoms with van der Waals surface area (Å²) < 4.78 is 23.0. The minimum absolute atomic E-state index is 0.121. The maximum absolute atomic E-state index is 12.5. The van der Waals surface area contributed by atoms with Crippen LogP contribution in [0.25, 0.3) is 11.0 Å². The number of methoxy groups -OCH3 is 1. The minimum atomic E-state index is -1.01. The summed E-state index contributed by atoms with van der Waals surface area (Å²) >= 11 is 3.47. The lowest BCUT2D eigenvalue weighted by Crippen LogP contribution is -2.16. The van der Waals surface area contributed by atoms with Crippen LogP contribution in [0.3, 0.4) is 0 Å². The molecule has 10 heteroatoms. The van der Waals surface area contributed by atoms with Gasteiger partial charge in [-0.15, -0.1) is 0 Å². The number of hydrogen-bond donors (Lipinski definition) is 2. The number of nitrogens with zero attached hydrogens (tertiary/aromatic N) is 1. The van der Waals surface area contributed by atoms with Gasteiger partial charge < -0.3 is 23.7 Å². The average molecular weight is 567 g/mol. The fraction of sp³-hybridized carbons (Fsp3) is 0.148. The van der Waals surface area contributed by atoms with E-state index >= 15 is 0 Å². The van der Waals surface area contributed by atoms with Gasteiger partial charge in [0.05, 0.1) is 30.0 Å². The van der Waals surface area contributed by atoms with E-state index < -0.39 is 11.9 Å². The van der Waals surface area contributed by atoms with Crippen molar-refractivity contribution in [3.8, 4) is 17.2 Å². The maximum Gasteiger partial charge on any atom is 0.335 e. The number of fused-ring (bicyclic) bond motifs is 1. The molecule has 0 aliphatic carbocycles. The molecule has 0 spiro atoms. The zero-order valence-corrected chi connectivity index (χ0v) is 21.6. The molecule has 0 saturated heterocycles. The zero-order valence-electron chi connectivity index (χ0n) is 20.0. The SMILES string of the molecule is CCOc1ccc2oc(C(=O)N/N=C/c3cc(Br)c(OCc4cccc(C(=O)O)c4)c(OC)c3)cc2c1. The van der Waals surface area contributed by atoms with Crippen molar-refractivity contribution in [3.05, 3.63) is 87.6 Å². The molecule has 9 nitrogen and oxygen atoms in total. The molecular formula is C27H23BrN2O7. The Morgan fingerprint density at radius 1 is 1.11 bits per heavy atom. The topological polar surface area (TPSA) is 120 Å². The summed E-state index contributed by atoms with van der Waals surface area (Å²) in [5.41, 5.74) is 4.53. The Kier molecular flexibility index (Phi) is 8.09. The molecule has 0 aliphatic heterocycles. The first kappa shape index (κ1) is 25.8. The highest BCUT2D eigenvalue weighted by Gasteiger charge is 2.14. The number of carbonyl (C=O) groups is 2. The van der Waals surface area contributed by atoms with E-state index in [0.717, 1.165) is 5.39 Å². The smallest absolute Gasteiger partial charge is 0.335 e. The second-order valence-corrected chi connectivity index (χ2v) is 8.63. The van der Waals surface area contributed by atoms with E-state index in [1.54, 1.807) is 54.6 Å². The summed E-state index contributed by atoms with van der Waals surface area (Å²) in [6.07, 6.45) is 1.46. The van der Waals surface area contributed by atoms with Gasteiger partial charge in [-0.1, -0.05) is 12.1 Å². The normalized spacial score (nSPS) is 11.0. The van der Waals surface area contributed by atoms with Crippen molar-refractivity contribution in [3.63, 3.8) is 0 Å². The lowest BCUT2D eigenvalue weighted by atomic mass is 10.1. The van der Waals surface area contributed by atoms with Crippen LogP contribution in [0.2, 0.25) is 0 Å². The van der Waals surface area contributed by atoms with Crippen molar-refractivity contribution in [2.24, 2.45) is 5.10 Å². The molecule has 4 aromatic rings. The molecule has 4 rings (SSSR count). The van der Waals surface area contributed by atoms with E-state index in [0.29, 0.717) is 45.0 Å². The van der Waals surface area contributed by atoms with Crippen molar-refractivity contribution in [1.29, 1.82) is 0 Å². The molecule has 37 heavy (non-hydrogen) atoms. The third-order valence-electron chi connectivity index (χ3n) is 5.21. The number of aromatic carboxylic acids is 1. The second kappa shape index (κ2) is 11.6. The first-order chi connectivity index (χ1) is 17.9. The van der Waals surface area contributed by atoms with Crippen LogP contribution in [0.1, 0.15) is 39.0 Å². The quantitative estimate of drug-likeness (QED) is 0.188. The zero-order chi connectivity index (χ0) is 26.4. The van der Waals surface area contributed by atoms with Crippen molar-refractivity contribution in [1.82, 2.24) is 5.43 Å². The van der Waals surface area contributed by atoms with Crippen LogP contribution in [-0.2, 0) is 6.61 Å². The van der Waals surface area contributed by atoms with Crippen LogP contribution < -0.4 is 19.6 Å². The number of furan rings is 1. The molecule has 0 saturated carbocycles. The van der Waals surface area contributed by atoms with Gasteiger partial charge in [0.15, 0.2) is 17.3 Å². The molecule has 0 fully saturated rings. The van der Waals surface area contributed by atoms with E-state index in [9.17, 15) is 9.59 Å². The summed E-state index contributed by atoms with van der Waals surface area (Å²) in [6, 6.07) is 16.9. The highest BCUT2D eigenvalue weighted by atomic mass is 79.9. The fourth-order valence-corrected chi connectivity index (χ4v) is 4.09. The van der Waals surface area contributed by atoms with E-state index in [1.807, 2.05) is 6.92 Å². The molecule has 0 atom stereocenters. The Labute approximate surface area is 220 Å². The molecular weight excluding hydrogens is 544 g/mol. The monoisotopic (exact) mass is 566 g/mol. The van der Waals surface area contributed by atoms with Gasteiger partial charge in [-0.05, 0) is 82.5 Å². The number of carboxylic acids is 1. The third kappa shape index (κ3) is 6.28. The van der Waals surface area contributed by atoms with Crippen LogP contribution in [0.4, 0.5) is 0 Å². The Balaban J connectivity index is 1.43. The first-order valence-corrected chi connectivity index (χ1v) is 12.0. The molecule has 3 aromatic carbocycles. The van der Waals surface area contributed by atoms with E-state index in [1.165, 1.54) is 19.4 Å². The summed E-state index contributed by atoms with van der Waals surface area (Å²) in [5, 5.41) is 13.9. The van der Waals surface area contributed by atoms with Crippen LogP contribution >= 0.6 is 15.9 Å². The number of amides is 1. The van der Waals surface area contributed by atoms with Gasteiger partial charge in [-0.25, -0.2) is 10.2 Å². The van der Waals surface area contributed by atoms with Gasteiger partial charge in [0, 0.05) is 5.39 Å². The largest absolute Gasteiger partial charge is 0.494 e. The van der Waals surface area contributed by atoms with E-state index in [-0.39, 0.29) is 17.9 Å². The Morgan fingerprint density at radius 2 is 1.95 bits per heavy atom. The molecule has 190 valence electrons. The second-order valence-electron chi connectivity index (χ2n) is 7.77. The lowest BCUT2D eigenvalue weighted by Gasteiger charge is -2.13. The van der Waals surface area contributed by atoms with Crippen molar-refractivity contribution < 1.29 is 33.3 Å². The number of ether oxygens (including phenoxy) is 3. The number of carboxylic acid groups (broad SMARTS) is 1. The van der Waals surface area contributed by atoms with E-state index in [4.69, 9.17) is 23.7 Å². The van der Waals surface area contributed by atoms with E-state index in [2.05, 4.69) is 26.5 Å². The van der Waals surface area contributed by atoms with Gasteiger partial charge in [0.25, 0.3) is 0 Å². The summed E-state index contributed by atoms with van der Waals surface area (Å²) in [6.45, 7) is 2.58. The van der Waals surface area contributed by atoms with Crippen molar-refractivity contribution >= 4 is 45.0 Å². The predicted octanol–water partition coefficient (Wildman–Crippen LogP) is 5.64. The van der Waals surface area contributed by atoms with Crippen LogP contribution in [0.15, 0.2) is 74.7 Å². The number of nitrogens with one attached hydrogen (secondary N) is 1. The Bertz CT molecular complexity index is 1480. The fourth-order valence-electron chi connectivity index (χ4n) is 3.51. The van der Waals surface area contributed by atoms with Crippen molar-refractivity contribution in [2.45, 2.75) is 13.5 Å². The summed E-state index contributed by atoms with van der Waals surface area (Å²) in [4.78, 5) is 23.7. The van der Waals surface area contributed by atoms with Gasteiger partial charge in [-0.2, -0.15) is 5.10 Å². The van der Waals surface area contributed by atoms with Gasteiger partial charge in [0.1, 0.15) is 17.9 Å². The molecule has 0 unspecified atom stereocenters. The average Bonchev–Trinajstić information content (AvgIpc) is 3.32. The minimum Gasteiger partial charge on any atom is -0.494 e. The molecule has 2 N–H and O–H groups in total. The third-order valence-corrected chi connectivity index (χ3v) is 5.80. The molecule has 0 bridgehead atoms. The lowest BCUT2D eigenvalue weighted by molar-refractivity contribution is 0.0696. The number of benzene rings is 3. The maximum atomic E-state index is 12.5. The number of hydrogen-bond acceptors (Lipinski definition) is 7. The highest BCUT2D eigenvalue weighted by molar-refractivity contribution is 9.10. The predicted molar refractivity (Wildman–Crippen MR) is 141 cm³/mol. The molecule has 0 aliphatic rings. The van der Waals surface area contributed by atoms with Crippen molar-refractivity contribution in [2.75, 3.05) is 13.7 Å². The van der Waals surface area contributed by atoms with Gasteiger partial charge >= 0.3 is 11.9 Å². The number of hydrazone groups is 1. The number of halogens is 1. The summed E-state index contributed by atoms with van der Waals surface area (Å²) in [7, 11) is 1.50. The van der Waals surface area contributed by atoms with Crippen LogP contribution in [0, 0.1) is 0 Å². The first-order valence-electron chi connectivity index (χ1n) is 11.2. The van der Waals surface area contributed by atoms with Crippen LogP contribution in [-0.4, -0.2) is 36.9 Å². The van der Waals surface area contributed by atoms with Gasteiger partial charge in [0.2, 0.25) is 0 Å². The Hall–Kier alpha value is -4.31. The Morgan fingerprint density at radius 3 is 2.70 bits per heavy atom. The highest BCUT2D eigenvalue weighted by Crippen LogP contribution is 2.37. The molecule has 0 radical (unpaired) electrons. The molecule has 1 heterocycles. The number of rotatable bonds is 10. The summed E-state index contributed by atoms with van der Waals surface area (Å²) in [5.74, 6) is 0.182.